The van der Waals surface area contributed by atoms with Crippen LogP contribution in [-0.4, -0.2) is 17.7 Å². The van der Waals surface area contributed by atoms with E-state index in [2.05, 4.69) is 0 Å². The molecule has 1 aromatic heterocycles. The number of hydrogen-bond donors (Lipinski definition) is 1. The fourth-order valence-electron chi connectivity index (χ4n) is 1.55. The molecule has 0 radical (unpaired) electrons. The molecule has 1 aromatic rings. The van der Waals surface area contributed by atoms with Crippen molar-refractivity contribution in [2.75, 3.05) is 6.61 Å². The first kappa shape index (κ1) is 8.72. The number of carbonyl (C=O) groups is 1. The Morgan fingerprint density at radius 3 is 2.92 bits per heavy atom. The molecule has 70 valence electrons. The monoisotopic (exact) mass is 198 g/mol. The highest BCUT2D eigenvalue weighted by atomic mass is 32.1. The number of carboxylic acid groups (broad SMARTS) is 1. The molecule has 1 fully saturated rings. The molecule has 2 heterocycles. The lowest BCUT2D eigenvalue weighted by atomic mass is 9.89. The van der Waals surface area contributed by atoms with Gasteiger partial charge in [0.1, 0.15) is 5.60 Å². The van der Waals surface area contributed by atoms with Crippen molar-refractivity contribution in [2.24, 2.45) is 0 Å². The molecular weight excluding hydrogens is 188 g/mol. The van der Waals surface area contributed by atoms with Crippen molar-refractivity contribution >= 4 is 17.3 Å². The topological polar surface area (TPSA) is 46.5 Å². The highest BCUT2D eigenvalue weighted by Crippen LogP contribution is 2.42. The van der Waals surface area contributed by atoms with Crippen LogP contribution < -0.4 is 0 Å². The van der Waals surface area contributed by atoms with E-state index in [0.29, 0.717) is 6.61 Å². The predicted molar refractivity (Wildman–Crippen MR) is 48.8 cm³/mol. The summed E-state index contributed by atoms with van der Waals surface area (Å²) in [6.45, 7) is 0.672. The van der Waals surface area contributed by atoms with Crippen molar-refractivity contribution in [3.8, 4) is 0 Å². The zero-order valence-corrected chi connectivity index (χ0v) is 7.84. The third kappa shape index (κ3) is 1.47. The summed E-state index contributed by atoms with van der Waals surface area (Å²) in [6.07, 6.45) is 0.896. The molecule has 1 unspecified atom stereocenters. The zero-order valence-electron chi connectivity index (χ0n) is 7.03. The molecule has 4 heteroatoms. The van der Waals surface area contributed by atoms with E-state index >= 15 is 0 Å². The van der Waals surface area contributed by atoms with Crippen LogP contribution in [-0.2, 0) is 15.1 Å². The quantitative estimate of drug-likeness (QED) is 0.806. The standard InChI is InChI=1S/C9H10O3S/c10-8(11)6-9(3-4-12-9)7-2-1-5-13-7/h1-2,5H,3-4,6H2,(H,10,11). The number of thiophene rings is 1. The lowest BCUT2D eigenvalue weighted by Crippen LogP contribution is -2.41. The summed E-state index contributed by atoms with van der Waals surface area (Å²) in [5.74, 6) is -0.798. The highest BCUT2D eigenvalue weighted by Gasteiger charge is 2.42. The van der Waals surface area contributed by atoms with Crippen LogP contribution in [0.1, 0.15) is 17.7 Å². The SMILES string of the molecule is O=C(O)CC1(c2cccs2)CCO1. The lowest BCUT2D eigenvalue weighted by molar-refractivity contribution is -0.174. The van der Waals surface area contributed by atoms with E-state index in [4.69, 9.17) is 9.84 Å². The maximum absolute atomic E-state index is 10.6. The Morgan fingerprint density at radius 2 is 2.54 bits per heavy atom. The summed E-state index contributed by atoms with van der Waals surface area (Å²) in [4.78, 5) is 11.7. The van der Waals surface area contributed by atoms with E-state index in [9.17, 15) is 4.79 Å². The molecule has 0 aromatic carbocycles. The maximum Gasteiger partial charge on any atom is 0.306 e. The number of ether oxygens (including phenoxy) is 1. The Labute approximate surface area is 80.0 Å². The van der Waals surface area contributed by atoms with Crippen molar-refractivity contribution in [3.63, 3.8) is 0 Å². The smallest absolute Gasteiger partial charge is 0.306 e. The van der Waals surface area contributed by atoms with Gasteiger partial charge in [-0.15, -0.1) is 11.3 Å². The van der Waals surface area contributed by atoms with Crippen LogP contribution in [0.2, 0.25) is 0 Å². The molecule has 1 atom stereocenters. The van der Waals surface area contributed by atoms with Crippen molar-refractivity contribution in [3.05, 3.63) is 22.4 Å². The first-order valence-electron chi connectivity index (χ1n) is 4.13. The Kier molecular flexibility index (Phi) is 2.09. The van der Waals surface area contributed by atoms with Crippen LogP contribution in [0.25, 0.3) is 0 Å². The molecule has 1 aliphatic rings. The van der Waals surface area contributed by atoms with Crippen LogP contribution in [0.5, 0.6) is 0 Å². The summed E-state index contributed by atoms with van der Waals surface area (Å²) in [6, 6.07) is 3.86. The van der Waals surface area contributed by atoms with Crippen LogP contribution >= 0.6 is 11.3 Å². The highest BCUT2D eigenvalue weighted by molar-refractivity contribution is 7.10. The van der Waals surface area contributed by atoms with E-state index in [0.717, 1.165) is 11.3 Å². The summed E-state index contributed by atoms with van der Waals surface area (Å²) >= 11 is 1.56. The Morgan fingerprint density at radius 1 is 1.77 bits per heavy atom. The number of carboxylic acids is 1. The van der Waals surface area contributed by atoms with Crippen LogP contribution in [0, 0.1) is 0 Å². The normalized spacial score (nSPS) is 26.8. The van der Waals surface area contributed by atoms with E-state index in [1.165, 1.54) is 0 Å². The third-order valence-electron chi connectivity index (χ3n) is 2.29. The van der Waals surface area contributed by atoms with Crippen LogP contribution in [0.4, 0.5) is 0 Å². The second kappa shape index (κ2) is 3.12. The first-order valence-corrected chi connectivity index (χ1v) is 5.01. The molecule has 0 aliphatic carbocycles. The largest absolute Gasteiger partial charge is 0.481 e. The van der Waals surface area contributed by atoms with Gasteiger partial charge in [-0.2, -0.15) is 0 Å². The summed E-state index contributed by atoms with van der Waals surface area (Å²) in [5, 5.41) is 10.7. The summed E-state index contributed by atoms with van der Waals surface area (Å²) in [7, 11) is 0. The lowest BCUT2D eigenvalue weighted by Gasteiger charge is -2.40. The summed E-state index contributed by atoms with van der Waals surface area (Å²) in [5.41, 5.74) is -0.514. The molecule has 0 saturated carbocycles. The predicted octanol–water partition coefficient (Wildman–Crippen LogP) is 1.84. The van der Waals surface area contributed by atoms with E-state index < -0.39 is 11.6 Å². The molecule has 1 N–H and O–H groups in total. The van der Waals surface area contributed by atoms with Gasteiger partial charge in [0.2, 0.25) is 0 Å². The van der Waals surface area contributed by atoms with Gasteiger partial charge in [-0.3, -0.25) is 4.79 Å². The number of aliphatic carboxylic acids is 1. The molecule has 2 rings (SSSR count). The van der Waals surface area contributed by atoms with Gasteiger partial charge in [0.05, 0.1) is 13.0 Å². The minimum Gasteiger partial charge on any atom is -0.481 e. The molecule has 0 spiro atoms. The molecule has 0 bridgehead atoms. The average Bonchev–Trinajstić information content (AvgIpc) is 2.48. The molecule has 3 nitrogen and oxygen atoms in total. The van der Waals surface area contributed by atoms with Gasteiger partial charge >= 0.3 is 5.97 Å². The third-order valence-corrected chi connectivity index (χ3v) is 3.35. The minimum absolute atomic E-state index is 0.0769. The van der Waals surface area contributed by atoms with Crippen LogP contribution in [0.15, 0.2) is 17.5 Å². The van der Waals surface area contributed by atoms with Gasteiger partial charge in [0.15, 0.2) is 0 Å². The molecule has 0 amide bonds. The van der Waals surface area contributed by atoms with Crippen molar-refractivity contribution in [1.29, 1.82) is 0 Å². The van der Waals surface area contributed by atoms with E-state index in [1.54, 1.807) is 11.3 Å². The Bertz CT molecular complexity index is 301. The maximum atomic E-state index is 10.6. The van der Waals surface area contributed by atoms with Crippen LogP contribution in [0.3, 0.4) is 0 Å². The number of hydrogen-bond acceptors (Lipinski definition) is 3. The number of rotatable bonds is 3. The fourth-order valence-corrected chi connectivity index (χ4v) is 2.46. The first-order chi connectivity index (χ1) is 6.23. The van der Waals surface area contributed by atoms with Gasteiger partial charge in [-0.1, -0.05) is 6.07 Å². The van der Waals surface area contributed by atoms with Gasteiger partial charge in [-0.25, -0.2) is 0 Å². The van der Waals surface area contributed by atoms with Gasteiger partial charge in [0.25, 0.3) is 0 Å². The van der Waals surface area contributed by atoms with Gasteiger partial charge in [-0.05, 0) is 11.4 Å². The Hall–Kier alpha value is -0.870. The average molecular weight is 198 g/mol. The minimum atomic E-state index is -0.798. The summed E-state index contributed by atoms with van der Waals surface area (Å²) < 4.78 is 5.40. The molecule has 1 aliphatic heterocycles. The van der Waals surface area contributed by atoms with Gasteiger partial charge < -0.3 is 9.84 Å². The molecule has 13 heavy (non-hydrogen) atoms. The second-order valence-electron chi connectivity index (χ2n) is 3.14. The van der Waals surface area contributed by atoms with Crippen molar-refractivity contribution < 1.29 is 14.6 Å². The second-order valence-corrected chi connectivity index (χ2v) is 4.09. The van der Waals surface area contributed by atoms with Crippen molar-refractivity contribution in [2.45, 2.75) is 18.4 Å². The van der Waals surface area contributed by atoms with E-state index in [-0.39, 0.29) is 6.42 Å². The fraction of sp³-hybridized carbons (Fsp3) is 0.444. The molecule has 1 saturated heterocycles. The Balaban J connectivity index is 2.20. The zero-order chi connectivity index (χ0) is 9.31. The van der Waals surface area contributed by atoms with Crippen molar-refractivity contribution in [1.82, 2.24) is 0 Å². The van der Waals surface area contributed by atoms with E-state index in [1.807, 2.05) is 17.5 Å². The molecular formula is C9H10O3S. The van der Waals surface area contributed by atoms with Gasteiger partial charge in [0, 0.05) is 11.3 Å².